The van der Waals surface area contributed by atoms with Crippen molar-refractivity contribution in [3.63, 3.8) is 0 Å². The lowest BCUT2D eigenvalue weighted by atomic mass is 10.0. The highest BCUT2D eigenvalue weighted by atomic mass is 16.6. The van der Waals surface area contributed by atoms with Crippen molar-refractivity contribution in [3.05, 3.63) is 77.9 Å². The third-order valence-electron chi connectivity index (χ3n) is 3.46. The van der Waals surface area contributed by atoms with Crippen LogP contribution in [0.5, 0.6) is 0 Å². The van der Waals surface area contributed by atoms with Gasteiger partial charge in [-0.15, -0.1) is 0 Å². The Morgan fingerprint density at radius 3 is 2.16 bits per heavy atom. The summed E-state index contributed by atoms with van der Waals surface area (Å²) in [4.78, 5) is 12.1. The van der Waals surface area contributed by atoms with Gasteiger partial charge in [0, 0.05) is 0 Å². The van der Waals surface area contributed by atoms with Crippen LogP contribution in [-0.2, 0) is 4.74 Å². The first-order valence-corrected chi connectivity index (χ1v) is 8.31. The average molecular weight is 339 g/mol. The Hall–Kier alpha value is -2.59. The van der Waals surface area contributed by atoms with E-state index in [1.165, 1.54) is 0 Å². The van der Waals surface area contributed by atoms with Gasteiger partial charge in [-0.2, -0.15) is 0 Å². The molecule has 0 aliphatic heterocycles. The van der Waals surface area contributed by atoms with Gasteiger partial charge in [-0.3, -0.25) is 0 Å². The Morgan fingerprint density at radius 1 is 1.04 bits per heavy atom. The average Bonchev–Trinajstić information content (AvgIpc) is 2.58. The molecule has 0 fully saturated rings. The first-order valence-electron chi connectivity index (χ1n) is 8.31. The van der Waals surface area contributed by atoms with Gasteiger partial charge in [0.05, 0.1) is 6.04 Å². The number of ether oxygens (including phenoxy) is 1. The number of hydrogen-bond acceptors (Lipinski definition) is 3. The molecule has 0 heterocycles. The molecule has 0 spiro atoms. The van der Waals surface area contributed by atoms with Crippen LogP contribution in [0.2, 0.25) is 0 Å². The van der Waals surface area contributed by atoms with E-state index in [2.05, 4.69) is 5.32 Å². The molecule has 0 bridgehead atoms. The zero-order valence-electron chi connectivity index (χ0n) is 14.8. The van der Waals surface area contributed by atoms with Crippen LogP contribution in [0.25, 0.3) is 6.08 Å². The Balaban J connectivity index is 2.18. The third-order valence-corrected chi connectivity index (χ3v) is 3.46. The number of rotatable bonds is 5. The number of aliphatic hydroxyl groups is 1. The molecule has 2 aromatic rings. The van der Waals surface area contributed by atoms with E-state index in [-0.39, 0.29) is 0 Å². The molecular weight excluding hydrogens is 314 g/mol. The molecule has 2 N–H and O–H groups in total. The Labute approximate surface area is 149 Å². The van der Waals surface area contributed by atoms with E-state index in [9.17, 15) is 9.90 Å². The van der Waals surface area contributed by atoms with E-state index in [1.807, 2.05) is 66.7 Å². The SMILES string of the molecule is CC(C)(C)OC(=O)N[C@@H](/C=C/c1ccccc1)[C@H](O)c1ccccc1. The first-order chi connectivity index (χ1) is 11.8. The fourth-order valence-electron chi connectivity index (χ4n) is 2.31. The van der Waals surface area contributed by atoms with Crippen LogP contribution in [0, 0.1) is 0 Å². The molecule has 0 saturated heterocycles. The van der Waals surface area contributed by atoms with Gasteiger partial charge >= 0.3 is 6.09 Å². The van der Waals surface area contributed by atoms with E-state index in [1.54, 1.807) is 26.8 Å². The highest BCUT2D eigenvalue weighted by molar-refractivity contribution is 5.69. The fraction of sp³-hybridized carbons (Fsp3) is 0.286. The van der Waals surface area contributed by atoms with Crippen molar-refractivity contribution in [1.82, 2.24) is 5.32 Å². The quantitative estimate of drug-likeness (QED) is 0.852. The number of carbonyl (C=O) groups is 1. The Morgan fingerprint density at radius 2 is 1.60 bits per heavy atom. The van der Waals surface area contributed by atoms with E-state index < -0.39 is 23.8 Å². The molecular formula is C21H25NO3. The van der Waals surface area contributed by atoms with Gasteiger partial charge in [0.15, 0.2) is 0 Å². The lowest BCUT2D eigenvalue weighted by Crippen LogP contribution is -2.41. The minimum atomic E-state index is -0.881. The summed E-state index contributed by atoms with van der Waals surface area (Å²) in [5, 5.41) is 13.4. The van der Waals surface area contributed by atoms with Crippen LogP contribution in [0.1, 0.15) is 38.0 Å². The molecule has 2 rings (SSSR count). The minimum Gasteiger partial charge on any atom is -0.444 e. The summed E-state index contributed by atoms with van der Waals surface area (Å²) in [5.74, 6) is 0. The van der Waals surface area contributed by atoms with Crippen molar-refractivity contribution < 1.29 is 14.6 Å². The number of carbonyl (C=O) groups excluding carboxylic acids is 1. The lowest BCUT2D eigenvalue weighted by Gasteiger charge is -2.25. The summed E-state index contributed by atoms with van der Waals surface area (Å²) in [6.07, 6.45) is 2.20. The molecule has 0 saturated carbocycles. The molecule has 0 aliphatic carbocycles. The normalized spacial score (nSPS) is 14.1. The molecule has 0 aromatic heterocycles. The molecule has 1 amide bonds. The number of aliphatic hydroxyl groups excluding tert-OH is 1. The Bertz CT molecular complexity index is 690. The van der Waals surface area contributed by atoms with Gasteiger partial charge in [0.1, 0.15) is 11.7 Å². The number of benzene rings is 2. The van der Waals surface area contributed by atoms with Crippen LogP contribution in [0.4, 0.5) is 4.79 Å². The molecule has 0 unspecified atom stereocenters. The first kappa shape index (κ1) is 18.7. The topological polar surface area (TPSA) is 58.6 Å². The Kier molecular flexibility index (Phi) is 6.37. The van der Waals surface area contributed by atoms with Crippen LogP contribution >= 0.6 is 0 Å². The zero-order valence-corrected chi connectivity index (χ0v) is 14.8. The van der Waals surface area contributed by atoms with Crippen molar-refractivity contribution >= 4 is 12.2 Å². The summed E-state index contributed by atoms with van der Waals surface area (Å²) < 4.78 is 5.31. The van der Waals surface area contributed by atoms with Crippen LogP contribution in [-0.4, -0.2) is 22.8 Å². The van der Waals surface area contributed by atoms with Crippen LogP contribution in [0.3, 0.4) is 0 Å². The van der Waals surface area contributed by atoms with Gasteiger partial charge in [0.2, 0.25) is 0 Å². The van der Waals surface area contributed by atoms with Crippen molar-refractivity contribution in [3.8, 4) is 0 Å². The predicted octanol–water partition coefficient (Wildman–Crippen LogP) is 4.33. The number of hydrogen-bond donors (Lipinski definition) is 2. The van der Waals surface area contributed by atoms with Gasteiger partial charge < -0.3 is 15.2 Å². The van der Waals surface area contributed by atoms with Crippen molar-refractivity contribution in [2.24, 2.45) is 0 Å². The highest BCUT2D eigenvalue weighted by Crippen LogP contribution is 2.19. The third kappa shape index (κ3) is 6.43. The molecule has 132 valence electrons. The van der Waals surface area contributed by atoms with E-state index in [0.29, 0.717) is 0 Å². The summed E-state index contributed by atoms with van der Waals surface area (Å²) in [5.41, 5.74) is 1.11. The van der Waals surface area contributed by atoms with E-state index in [0.717, 1.165) is 11.1 Å². The molecule has 25 heavy (non-hydrogen) atoms. The largest absolute Gasteiger partial charge is 0.444 e. The molecule has 4 heteroatoms. The number of amides is 1. The lowest BCUT2D eigenvalue weighted by molar-refractivity contribution is 0.0454. The maximum absolute atomic E-state index is 12.1. The minimum absolute atomic E-state index is 0.565. The second kappa shape index (κ2) is 8.49. The number of nitrogens with one attached hydrogen (secondary N) is 1. The molecule has 2 aromatic carbocycles. The van der Waals surface area contributed by atoms with Crippen LogP contribution < -0.4 is 5.32 Å². The molecule has 0 aliphatic rings. The highest BCUT2D eigenvalue weighted by Gasteiger charge is 2.23. The second-order valence-corrected chi connectivity index (χ2v) is 6.80. The van der Waals surface area contributed by atoms with Gasteiger partial charge in [-0.05, 0) is 31.9 Å². The van der Waals surface area contributed by atoms with Crippen molar-refractivity contribution in [2.75, 3.05) is 0 Å². The van der Waals surface area contributed by atoms with Gasteiger partial charge in [-0.1, -0.05) is 72.8 Å². The fourth-order valence-corrected chi connectivity index (χ4v) is 2.31. The smallest absolute Gasteiger partial charge is 0.408 e. The van der Waals surface area contributed by atoms with Crippen molar-refractivity contribution in [2.45, 2.75) is 38.5 Å². The second-order valence-electron chi connectivity index (χ2n) is 6.80. The maximum atomic E-state index is 12.1. The summed E-state index contributed by atoms with van der Waals surface area (Å²) in [6.45, 7) is 5.40. The summed E-state index contributed by atoms with van der Waals surface area (Å²) >= 11 is 0. The summed E-state index contributed by atoms with van der Waals surface area (Å²) in [7, 11) is 0. The summed E-state index contributed by atoms with van der Waals surface area (Å²) in [6, 6.07) is 18.3. The number of alkyl carbamates (subject to hydrolysis) is 1. The van der Waals surface area contributed by atoms with Crippen LogP contribution in [0.15, 0.2) is 66.7 Å². The zero-order chi connectivity index (χ0) is 18.3. The molecule has 4 nitrogen and oxygen atoms in total. The standard InChI is InChI=1S/C21H25NO3/c1-21(2,3)25-20(24)22-18(15-14-16-10-6-4-7-11-16)19(23)17-12-8-5-9-13-17/h4-15,18-19,23H,1-3H3,(H,22,24)/b15-14+/t18-,19+/m0/s1. The maximum Gasteiger partial charge on any atom is 0.408 e. The predicted molar refractivity (Wildman–Crippen MR) is 100 cm³/mol. The van der Waals surface area contributed by atoms with E-state index in [4.69, 9.17) is 4.74 Å². The molecule has 2 atom stereocenters. The van der Waals surface area contributed by atoms with Gasteiger partial charge in [0.25, 0.3) is 0 Å². The van der Waals surface area contributed by atoms with E-state index >= 15 is 0 Å². The van der Waals surface area contributed by atoms with Crippen molar-refractivity contribution in [1.29, 1.82) is 0 Å². The monoisotopic (exact) mass is 339 g/mol. The molecule has 0 radical (unpaired) electrons. The van der Waals surface area contributed by atoms with Gasteiger partial charge in [-0.25, -0.2) is 4.79 Å².